The lowest BCUT2D eigenvalue weighted by Crippen LogP contribution is -2.43. The molecule has 23 heavy (non-hydrogen) atoms. The number of aromatic nitrogens is 2. The minimum absolute atomic E-state index is 0.181. The van der Waals surface area contributed by atoms with Crippen LogP contribution in [0.25, 0.3) is 10.2 Å². The van der Waals surface area contributed by atoms with E-state index in [2.05, 4.69) is 4.98 Å². The monoisotopic (exact) mass is 335 g/mol. The normalized spacial score (nSPS) is 17.8. The Morgan fingerprint density at radius 3 is 2.87 bits per heavy atom. The van der Waals surface area contributed by atoms with Crippen LogP contribution in [0.2, 0.25) is 0 Å². The Balaban J connectivity index is 1.91. The van der Waals surface area contributed by atoms with Crippen molar-refractivity contribution in [1.29, 1.82) is 0 Å². The summed E-state index contributed by atoms with van der Waals surface area (Å²) in [5, 5.41) is 9.70. The molecule has 1 atom stereocenters. The van der Waals surface area contributed by atoms with E-state index < -0.39 is 12.0 Å². The Labute approximate surface area is 136 Å². The Hall–Kier alpha value is -2.22. The fourth-order valence-corrected chi connectivity index (χ4v) is 3.93. The third-order valence-electron chi connectivity index (χ3n) is 4.32. The van der Waals surface area contributed by atoms with Crippen LogP contribution in [0.5, 0.6) is 0 Å². The molecule has 0 aromatic carbocycles. The highest BCUT2D eigenvalue weighted by Crippen LogP contribution is 2.25. The first-order valence-corrected chi connectivity index (χ1v) is 8.19. The third kappa shape index (κ3) is 2.63. The number of fused-ring (bicyclic) bond motifs is 1. The van der Waals surface area contributed by atoms with Crippen LogP contribution in [0.4, 0.5) is 0 Å². The van der Waals surface area contributed by atoms with Gasteiger partial charge >= 0.3 is 5.97 Å². The van der Waals surface area contributed by atoms with Crippen molar-refractivity contribution in [1.82, 2.24) is 14.5 Å². The van der Waals surface area contributed by atoms with Crippen LogP contribution in [0.1, 0.15) is 23.3 Å². The van der Waals surface area contributed by atoms with Gasteiger partial charge in [0.2, 0.25) is 5.91 Å². The number of carboxylic acids is 1. The molecule has 0 saturated carbocycles. The molecule has 0 spiro atoms. The van der Waals surface area contributed by atoms with Crippen molar-refractivity contribution in [3.63, 3.8) is 0 Å². The molecule has 3 rings (SSSR count). The van der Waals surface area contributed by atoms with Crippen LogP contribution in [-0.4, -0.2) is 44.0 Å². The summed E-state index contributed by atoms with van der Waals surface area (Å²) >= 11 is 1.45. The predicted octanol–water partition coefficient (Wildman–Crippen LogP) is 1.15. The largest absolute Gasteiger partial charge is 0.480 e. The molecule has 1 amide bonds. The van der Waals surface area contributed by atoms with Crippen LogP contribution < -0.4 is 5.56 Å². The molecule has 1 fully saturated rings. The van der Waals surface area contributed by atoms with Gasteiger partial charge in [0.1, 0.15) is 17.4 Å². The maximum Gasteiger partial charge on any atom is 0.326 e. The topological polar surface area (TPSA) is 92.5 Å². The number of carbonyl (C=O) groups excluding carboxylic acids is 1. The molecule has 0 radical (unpaired) electrons. The number of hydrogen-bond acceptors (Lipinski definition) is 5. The molecule has 2 aromatic rings. The standard InChI is InChI=1S/C15H17N3O4S/c1-8-9(2)23-13-12(8)14(20)17(7-16-13)6-11(19)18-5-3-4-10(18)15(21)22/h7,10H,3-6H2,1-2H3,(H,21,22). The van der Waals surface area contributed by atoms with Gasteiger partial charge in [0.15, 0.2) is 0 Å². The summed E-state index contributed by atoms with van der Waals surface area (Å²) in [5.41, 5.74) is 0.630. The first-order chi connectivity index (χ1) is 10.9. The SMILES string of the molecule is Cc1sc2ncn(CC(=O)N3CCCC3C(=O)O)c(=O)c2c1C. The summed E-state index contributed by atoms with van der Waals surface area (Å²) in [6.45, 7) is 4.03. The number of aliphatic carboxylic acids is 1. The van der Waals surface area contributed by atoms with Crippen LogP contribution in [-0.2, 0) is 16.1 Å². The van der Waals surface area contributed by atoms with Crippen molar-refractivity contribution in [3.05, 3.63) is 27.1 Å². The van der Waals surface area contributed by atoms with E-state index in [9.17, 15) is 14.4 Å². The lowest BCUT2D eigenvalue weighted by atomic mass is 10.2. The van der Waals surface area contributed by atoms with Crippen LogP contribution in [0.3, 0.4) is 0 Å². The Morgan fingerprint density at radius 1 is 1.43 bits per heavy atom. The number of hydrogen-bond donors (Lipinski definition) is 1. The minimum Gasteiger partial charge on any atom is -0.480 e. The molecule has 1 saturated heterocycles. The van der Waals surface area contributed by atoms with E-state index in [1.807, 2.05) is 13.8 Å². The summed E-state index contributed by atoms with van der Waals surface area (Å²) < 4.78 is 1.26. The second-order valence-corrected chi connectivity index (χ2v) is 6.93. The van der Waals surface area contributed by atoms with Crippen molar-refractivity contribution < 1.29 is 14.7 Å². The van der Waals surface area contributed by atoms with Gasteiger partial charge < -0.3 is 10.0 Å². The summed E-state index contributed by atoms with van der Waals surface area (Å²) in [7, 11) is 0. The van der Waals surface area contributed by atoms with E-state index in [0.29, 0.717) is 29.6 Å². The van der Waals surface area contributed by atoms with E-state index in [1.54, 1.807) is 0 Å². The fraction of sp³-hybridized carbons (Fsp3) is 0.467. The zero-order valence-electron chi connectivity index (χ0n) is 12.9. The number of likely N-dealkylation sites (tertiary alicyclic amines) is 1. The molecule has 7 nitrogen and oxygen atoms in total. The number of carbonyl (C=O) groups is 2. The van der Waals surface area contributed by atoms with E-state index in [-0.39, 0.29) is 18.0 Å². The van der Waals surface area contributed by atoms with Gasteiger partial charge in [-0.05, 0) is 32.3 Å². The molecule has 1 aliphatic heterocycles. The van der Waals surface area contributed by atoms with Crippen molar-refractivity contribution in [3.8, 4) is 0 Å². The first kappa shape index (κ1) is 15.7. The van der Waals surface area contributed by atoms with Gasteiger partial charge in [0.05, 0.1) is 11.7 Å². The van der Waals surface area contributed by atoms with Gasteiger partial charge in [-0.3, -0.25) is 14.2 Å². The van der Waals surface area contributed by atoms with Gasteiger partial charge in [-0.2, -0.15) is 0 Å². The number of carboxylic acid groups (broad SMARTS) is 1. The van der Waals surface area contributed by atoms with Crippen molar-refractivity contribution >= 4 is 33.4 Å². The lowest BCUT2D eigenvalue weighted by Gasteiger charge is -2.21. The molecule has 122 valence electrons. The van der Waals surface area contributed by atoms with Crippen molar-refractivity contribution in [2.24, 2.45) is 0 Å². The average molecular weight is 335 g/mol. The Kier molecular flexibility index (Phi) is 3.93. The van der Waals surface area contributed by atoms with Gasteiger partial charge in [0.25, 0.3) is 5.56 Å². The van der Waals surface area contributed by atoms with E-state index >= 15 is 0 Å². The van der Waals surface area contributed by atoms with Gasteiger partial charge in [-0.1, -0.05) is 0 Å². The second-order valence-electron chi connectivity index (χ2n) is 5.72. The van der Waals surface area contributed by atoms with Crippen LogP contribution in [0.15, 0.2) is 11.1 Å². The molecular formula is C15H17N3O4S. The van der Waals surface area contributed by atoms with Crippen LogP contribution in [0, 0.1) is 13.8 Å². The fourth-order valence-electron chi connectivity index (χ4n) is 2.94. The summed E-state index contributed by atoms with van der Waals surface area (Å²) in [4.78, 5) is 43.4. The smallest absolute Gasteiger partial charge is 0.326 e. The Morgan fingerprint density at radius 2 is 2.17 bits per heavy atom. The van der Waals surface area contributed by atoms with Gasteiger partial charge in [-0.15, -0.1) is 11.3 Å². The highest BCUT2D eigenvalue weighted by atomic mass is 32.1. The highest BCUT2D eigenvalue weighted by molar-refractivity contribution is 7.18. The van der Waals surface area contributed by atoms with E-state index in [4.69, 9.17) is 5.11 Å². The molecular weight excluding hydrogens is 318 g/mol. The molecule has 8 heteroatoms. The average Bonchev–Trinajstić information content (AvgIpc) is 3.08. The van der Waals surface area contributed by atoms with Gasteiger partial charge in [-0.25, -0.2) is 9.78 Å². The number of thiophene rings is 1. The maximum absolute atomic E-state index is 12.6. The summed E-state index contributed by atoms with van der Waals surface area (Å²) in [6, 6.07) is -0.792. The molecule has 2 aromatic heterocycles. The maximum atomic E-state index is 12.6. The predicted molar refractivity (Wildman–Crippen MR) is 85.7 cm³/mol. The minimum atomic E-state index is -0.999. The molecule has 1 aliphatic rings. The van der Waals surface area contributed by atoms with Crippen molar-refractivity contribution in [2.75, 3.05) is 6.54 Å². The molecule has 1 unspecified atom stereocenters. The molecule has 0 bridgehead atoms. The Bertz CT molecular complexity index is 854. The molecule has 0 aliphatic carbocycles. The molecule has 1 N–H and O–H groups in total. The first-order valence-electron chi connectivity index (χ1n) is 7.37. The number of amides is 1. The number of nitrogens with zero attached hydrogens (tertiary/aromatic N) is 3. The zero-order valence-corrected chi connectivity index (χ0v) is 13.7. The number of aryl methyl sites for hydroxylation is 2. The zero-order chi connectivity index (χ0) is 16.7. The number of rotatable bonds is 3. The van der Waals surface area contributed by atoms with E-state index in [1.165, 1.54) is 27.1 Å². The van der Waals surface area contributed by atoms with Crippen LogP contribution >= 0.6 is 11.3 Å². The third-order valence-corrected chi connectivity index (χ3v) is 5.43. The van der Waals surface area contributed by atoms with Crippen molar-refractivity contribution in [2.45, 2.75) is 39.3 Å². The van der Waals surface area contributed by atoms with E-state index in [0.717, 1.165) is 10.4 Å². The van der Waals surface area contributed by atoms with Gasteiger partial charge in [0, 0.05) is 11.4 Å². The highest BCUT2D eigenvalue weighted by Gasteiger charge is 2.34. The second kappa shape index (κ2) is 5.77. The molecule has 3 heterocycles. The quantitative estimate of drug-likeness (QED) is 0.908. The summed E-state index contributed by atoms with van der Waals surface area (Å²) in [5.74, 6) is -1.36. The summed E-state index contributed by atoms with van der Waals surface area (Å²) in [6.07, 6.45) is 2.48. The lowest BCUT2D eigenvalue weighted by molar-refractivity contribution is -0.148.